The van der Waals surface area contributed by atoms with E-state index in [0.717, 1.165) is 17.6 Å². The highest BCUT2D eigenvalue weighted by Crippen LogP contribution is 2.22. The van der Waals surface area contributed by atoms with Gasteiger partial charge in [-0.15, -0.1) is 0 Å². The van der Waals surface area contributed by atoms with Crippen molar-refractivity contribution in [3.63, 3.8) is 0 Å². The predicted octanol–water partition coefficient (Wildman–Crippen LogP) is 3.51. The lowest BCUT2D eigenvalue weighted by Gasteiger charge is -2.03. The van der Waals surface area contributed by atoms with E-state index < -0.39 is 0 Å². The fourth-order valence-electron chi connectivity index (χ4n) is 1.08. The van der Waals surface area contributed by atoms with E-state index in [-0.39, 0.29) is 5.97 Å². The Morgan fingerprint density at radius 3 is 2.69 bits per heavy atom. The van der Waals surface area contributed by atoms with Crippen LogP contribution in [-0.2, 0) is 4.79 Å². The number of benzene rings is 1. The van der Waals surface area contributed by atoms with E-state index in [9.17, 15) is 4.79 Å². The van der Waals surface area contributed by atoms with E-state index in [4.69, 9.17) is 9.84 Å². The molecule has 1 N–H and O–H groups in total. The molecule has 3 nitrogen and oxygen atoms in total. The number of thioether (sulfide) groups is 1. The van der Waals surface area contributed by atoms with Gasteiger partial charge in [-0.2, -0.15) is 0 Å². The first-order chi connectivity index (χ1) is 7.76. The molecule has 0 saturated carbocycles. The Morgan fingerprint density at radius 1 is 1.44 bits per heavy atom. The molecule has 0 amide bonds. The highest BCUT2D eigenvalue weighted by atomic mass is 32.2. The number of aliphatic hydroxyl groups excluding tert-OH is 1. The zero-order valence-electron chi connectivity index (χ0n) is 9.05. The quantitative estimate of drug-likeness (QED) is 0.369. The lowest BCUT2D eigenvalue weighted by molar-refractivity contribution is -0.134. The van der Waals surface area contributed by atoms with E-state index in [0.29, 0.717) is 12.2 Å². The SMILES string of the molecule is CCCC(=O)Oc1ccc(SC=CO)cc1. The summed E-state index contributed by atoms with van der Waals surface area (Å²) in [6.45, 7) is 1.93. The maximum absolute atomic E-state index is 11.2. The van der Waals surface area contributed by atoms with Crippen molar-refractivity contribution in [1.82, 2.24) is 0 Å². The van der Waals surface area contributed by atoms with Gasteiger partial charge in [0.15, 0.2) is 0 Å². The van der Waals surface area contributed by atoms with Gasteiger partial charge in [0.25, 0.3) is 0 Å². The maximum Gasteiger partial charge on any atom is 0.311 e. The zero-order chi connectivity index (χ0) is 11.8. The summed E-state index contributed by atoms with van der Waals surface area (Å²) in [4.78, 5) is 12.2. The number of carbonyl (C=O) groups excluding carboxylic acids is 1. The zero-order valence-corrected chi connectivity index (χ0v) is 9.87. The van der Waals surface area contributed by atoms with Crippen LogP contribution in [0.5, 0.6) is 5.75 Å². The second-order valence-corrected chi connectivity index (χ2v) is 4.08. The molecule has 0 spiro atoms. The van der Waals surface area contributed by atoms with Gasteiger partial charge in [-0.05, 0) is 30.7 Å². The summed E-state index contributed by atoms with van der Waals surface area (Å²) in [5.74, 6) is 0.342. The van der Waals surface area contributed by atoms with Crippen LogP contribution >= 0.6 is 11.8 Å². The molecule has 86 valence electrons. The lowest BCUT2D eigenvalue weighted by atomic mass is 10.3. The molecule has 0 fully saturated rings. The number of hydrogen-bond donors (Lipinski definition) is 1. The molecule has 0 aliphatic carbocycles. The molecule has 1 aromatic carbocycles. The minimum Gasteiger partial charge on any atom is -0.515 e. The van der Waals surface area contributed by atoms with Gasteiger partial charge in [0.05, 0.1) is 6.26 Å². The van der Waals surface area contributed by atoms with Gasteiger partial charge in [0.2, 0.25) is 0 Å². The third-order valence-electron chi connectivity index (χ3n) is 1.77. The van der Waals surface area contributed by atoms with E-state index in [1.54, 1.807) is 17.5 Å². The molecule has 0 heterocycles. The Hall–Kier alpha value is -1.42. The summed E-state index contributed by atoms with van der Waals surface area (Å²) in [5, 5.41) is 10.1. The van der Waals surface area contributed by atoms with Crippen LogP contribution in [0.1, 0.15) is 19.8 Å². The number of hydrogen-bond acceptors (Lipinski definition) is 4. The lowest BCUT2D eigenvalue weighted by Crippen LogP contribution is -2.06. The first-order valence-electron chi connectivity index (χ1n) is 5.03. The van der Waals surface area contributed by atoms with E-state index in [2.05, 4.69) is 0 Å². The van der Waals surface area contributed by atoms with Crippen molar-refractivity contribution in [3.05, 3.63) is 35.9 Å². The van der Waals surface area contributed by atoms with Gasteiger partial charge in [-0.1, -0.05) is 18.7 Å². The molecule has 1 rings (SSSR count). The van der Waals surface area contributed by atoms with Crippen LogP contribution in [0.15, 0.2) is 40.8 Å². The summed E-state index contributed by atoms with van der Waals surface area (Å²) >= 11 is 1.39. The Bertz CT molecular complexity index is 357. The van der Waals surface area contributed by atoms with E-state index in [1.807, 2.05) is 19.1 Å². The van der Waals surface area contributed by atoms with E-state index >= 15 is 0 Å². The first kappa shape index (κ1) is 12.6. The van der Waals surface area contributed by atoms with Crippen molar-refractivity contribution >= 4 is 17.7 Å². The standard InChI is InChI=1S/C12H14O3S/c1-2-3-12(14)15-10-4-6-11(7-5-10)16-9-8-13/h4-9,13H,2-3H2,1H3. The third kappa shape index (κ3) is 4.40. The molecular formula is C12H14O3S. The first-order valence-corrected chi connectivity index (χ1v) is 5.91. The second-order valence-electron chi connectivity index (χ2n) is 3.10. The van der Waals surface area contributed by atoms with Crippen LogP contribution in [0.3, 0.4) is 0 Å². The molecule has 0 saturated heterocycles. The Balaban J connectivity index is 2.54. The normalized spacial score (nSPS) is 10.6. The molecule has 0 atom stereocenters. The number of aliphatic hydroxyl groups is 1. The average molecular weight is 238 g/mol. The summed E-state index contributed by atoms with van der Waals surface area (Å²) in [6.07, 6.45) is 2.21. The molecule has 0 aromatic heterocycles. The molecule has 0 aliphatic rings. The van der Waals surface area contributed by atoms with Gasteiger partial charge in [0, 0.05) is 16.7 Å². The number of carbonyl (C=O) groups is 1. The fourth-order valence-corrected chi connectivity index (χ4v) is 1.59. The topological polar surface area (TPSA) is 46.5 Å². The van der Waals surface area contributed by atoms with E-state index in [1.165, 1.54) is 11.8 Å². The molecule has 0 radical (unpaired) electrons. The van der Waals surface area contributed by atoms with Crippen LogP contribution in [-0.4, -0.2) is 11.1 Å². The van der Waals surface area contributed by atoms with Gasteiger partial charge in [-0.25, -0.2) is 0 Å². The van der Waals surface area contributed by atoms with Crippen molar-refractivity contribution in [3.8, 4) is 5.75 Å². The Kier molecular flexibility index (Phi) is 5.50. The van der Waals surface area contributed by atoms with Crippen molar-refractivity contribution in [2.45, 2.75) is 24.7 Å². The molecule has 0 unspecified atom stereocenters. The molecule has 0 aliphatic heterocycles. The Morgan fingerprint density at radius 2 is 2.12 bits per heavy atom. The Labute approximate surface area is 99.1 Å². The van der Waals surface area contributed by atoms with Crippen LogP contribution in [0, 0.1) is 0 Å². The fraction of sp³-hybridized carbons (Fsp3) is 0.250. The monoisotopic (exact) mass is 238 g/mol. The largest absolute Gasteiger partial charge is 0.515 e. The smallest absolute Gasteiger partial charge is 0.311 e. The predicted molar refractivity (Wildman–Crippen MR) is 64.6 cm³/mol. The van der Waals surface area contributed by atoms with Crippen LogP contribution in [0.2, 0.25) is 0 Å². The number of esters is 1. The summed E-state index contributed by atoms with van der Waals surface area (Å²) < 4.78 is 5.10. The van der Waals surface area contributed by atoms with Crippen molar-refractivity contribution < 1.29 is 14.6 Å². The average Bonchev–Trinajstić information content (AvgIpc) is 2.28. The summed E-state index contributed by atoms with van der Waals surface area (Å²) in [5.41, 5.74) is 0. The number of ether oxygens (including phenoxy) is 1. The highest BCUT2D eigenvalue weighted by molar-refractivity contribution is 8.02. The molecular weight excluding hydrogens is 224 g/mol. The van der Waals surface area contributed by atoms with Crippen molar-refractivity contribution in [2.24, 2.45) is 0 Å². The molecule has 16 heavy (non-hydrogen) atoms. The highest BCUT2D eigenvalue weighted by Gasteiger charge is 2.02. The van der Waals surface area contributed by atoms with Crippen molar-refractivity contribution in [2.75, 3.05) is 0 Å². The third-order valence-corrected chi connectivity index (χ3v) is 2.58. The van der Waals surface area contributed by atoms with Crippen molar-refractivity contribution in [1.29, 1.82) is 0 Å². The minimum absolute atomic E-state index is 0.210. The summed E-state index contributed by atoms with van der Waals surface area (Å²) in [6, 6.07) is 7.14. The van der Waals surface area contributed by atoms with Gasteiger partial charge in [0.1, 0.15) is 5.75 Å². The van der Waals surface area contributed by atoms with Crippen LogP contribution in [0.4, 0.5) is 0 Å². The van der Waals surface area contributed by atoms with Crippen LogP contribution < -0.4 is 4.74 Å². The molecule has 0 bridgehead atoms. The second kappa shape index (κ2) is 6.95. The molecule has 4 heteroatoms. The van der Waals surface area contributed by atoms with Gasteiger partial charge >= 0.3 is 5.97 Å². The van der Waals surface area contributed by atoms with Gasteiger partial charge < -0.3 is 9.84 Å². The van der Waals surface area contributed by atoms with Gasteiger partial charge in [-0.3, -0.25) is 4.79 Å². The van der Waals surface area contributed by atoms with Crippen LogP contribution in [0.25, 0.3) is 0 Å². The minimum atomic E-state index is -0.210. The molecule has 1 aromatic rings. The number of rotatable bonds is 5. The summed E-state index contributed by atoms with van der Waals surface area (Å²) in [7, 11) is 0. The maximum atomic E-state index is 11.2.